The van der Waals surface area contributed by atoms with Crippen molar-refractivity contribution in [2.75, 3.05) is 0 Å². The lowest BCUT2D eigenvalue weighted by Crippen LogP contribution is -2.27. The number of nitrogens with one attached hydrogen (secondary N) is 1. The van der Waals surface area contributed by atoms with Crippen LogP contribution in [-0.4, -0.2) is 20.6 Å². The molecule has 2 aromatic carbocycles. The summed E-state index contributed by atoms with van der Waals surface area (Å²) in [7, 11) is 0. The summed E-state index contributed by atoms with van der Waals surface area (Å²) in [6.45, 7) is 0.0743. The van der Waals surface area contributed by atoms with Crippen molar-refractivity contribution in [2.45, 2.75) is 19.3 Å². The van der Waals surface area contributed by atoms with Crippen LogP contribution < -0.4 is 5.32 Å². The van der Waals surface area contributed by atoms with Gasteiger partial charge in [-0.3, -0.25) is 4.79 Å². The van der Waals surface area contributed by atoms with Gasteiger partial charge < -0.3 is 14.4 Å². The number of alkyl halides is 3. The zero-order valence-electron chi connectivity index (χ0n) is 16.4. The van der Waals surface area contributed by atoms with Crippen LogP contribution >= 0.6 is 11.6 Å². The fourth-order valence-electron chi connectivity index (χ4n) is 3.04. The molecule has 0 saturated heterocycles. The molecular weight excluding hydrogens is 445 g/mol. The van der Waals surface area contributed by atoms with Gasteiger partial charge in [-0.05, 0) is 42.0 Å². The van der Waals surface area contributed by atoms with Crippen LogP contribution in [0.15, 0.2) is 71.4 Å². The molecule has 0 aliphatic carbocycles. The van der Waals surface area contributed by atoms with Crippen LogP contribution in [0, 0.1) is 0 Å². The summed E-state index contributed by atoms with van der Waals surface area (Å²) < 4.78 is 44.9. The number of rotatable bonds is 6. The molecule has 32 heavy (non-hydrogen) atoms. The lowest BCUT2D eigenvalue weighted by Gasteiger charge is -2.10. The smallest absolute Gasteiger partial charge is 0.350 e. The van der Waals surface area contributed by atoms with Crippen molar-refractivity contribution in [3.05, 3.63) is 83.0 Å². The predicted molar refractivity (Wildman–Crippen MR) is 111 cm³/mol. The van der Waals surface area contributed by atoms with Crippen molar-refractivity contribution in [3.8, 4) is 23.0 Å². The minimum absolute atomic E-state index is 0.0299. The zero-order chi connectivity index (χ0) is 22.7. The summed E-state index contributed by atoms with van der Waals surface area (Å²) >= 11 is 6.00. The van der Waals surface area contributed by atoms with Crippen LogP contribution in [0.3, 0.4) is 0 Å². The third kappa shape index (κ3) is 5.00. The minimum atomic E-state index is -4.39. The Kier molecular flexibility index (Phi) is 6.00. The number of aromatic nitrogens is 3. The number of halogens is 4. The van der Waals surface area contributed by atoms with Gasteiger partial charge >= 0.3 is 6.18 Å². The van der Waals surface area contributed by atoms with Gasteiger partial charge in [0.1, 0.15) is 12.2 Å². The number of carbonyl (C=O) groups excluding carboxylic acids is 1. The highest BCUT2D eigenvalue weighted by molar-refractivity contribution is 6.30. The van der Waals surface area contributed by atoms with Gasteiger partial charge in [0.2, 0.25) is 11.7 Å². The van der Waals surface area contributed by atoms with Gasteiger partial charge in [-0.1, -0.05) is 41.0 Å². The Morgan fingerprint density at radius 2 is 1.88 bits per heavy atom. The van der Waals surface area contributed by atoms with Gasteiger partial charge in [-0.25, -0.2) is 0 Å². The van der Waals surface area contributed by atoms with Gasteiger partial charge in [-0.2, -0.15) is 18.2 Å². The number of carbonyl (C=O) groups is 1. The van der Waals surface area contributed by atoms with Crippen LogP contribution in [0.25, 0.3) is 23.0 Å². The Morgan fingerprint density at radius 3 is 2.59 bits per heavy atom. The normalized spacial score (nSPS) is 11.5. The van der Waals surface area contributed by atoms with E-state index < -0.39 is 11.7 Å². The zero-order valence-corrected chi connectivity index (χ0v) is 17.2. The van der Waals surface area contributed by atoms with E-state index in [1.54, 1.807) is 47.2 Å². The van der Waals surface area contributed by atoms with Crippen LogP contribution in [0.1, 0.15) is 11.1 Å². The predicted octanol–water partition coefficient (Wildman–Crippen LogP) is 5.19. The molecule has 6 nitrogen and oxygen atoms in total. The molecule has 0 radical (unpaired) electrons. The monoisotopic (exact) mass is 460 g/mol. The first-order chi connectivity index (χ1) is 15.3. The highest BCUT2D eigenvalue weighted by atomic mass is 35.5. The topological polar surface area (TPSA) is 73.0 Å². The molecule has 0 unspecified atom stereocenters. The summed E-state index contributed by atoms with van der Waals surface area (Å²) in [6, 6.07) is 15.1. The van der Waals surface area contributed by atoms with Gasteiger partial charge in [0.15, 0.2) is 0 Å². The third-order valence-electron chi connectivity index (χ3n) is 4.64. The molecule has 4 rings (SSSR count). The summed E-state index contributed by atoms with van der Waals surface area (Å²) in [5.74, 6) is 0.277. The number of hydrogen-bond donors (Lipinski definition) is 1. The maximum Gasteiger partial charge on any atom is 0.416 e. The minimum Gasteiger partial charge on any atom is -0.350 e. The van der Waals surface area contributed by atoms with Gasteiger partial charge in [0, 0.05) is 23.3 Å². The van der Waals surface area contributed by atoms with E-state index in [1.165, 1.54) is 12.1 Å². The van der Waals surface area contributed by atoms with Crippen molar-refractivity contribution in [2.24, 2.45) is 0 Å². The molecule has 0 aliphatic heterocycles. The average Bonchev–Trinajstić information content (AvgIpc) is 3.41. The first-order valence-corrected chi connectivity index (χ1v) is 9.85. The fourth-order valence-corrected chi connectivity index (χ4v) is 3.23. The van der Waals surface area contributed by atoms with E-state index >= 15 is 0 Å². The Balaban J connectivity index is 1.40. The lowest BCUT2D eigenvalue weighted by atomic mass is 10.1. The van der Waals surface area contributed by atoms with E-state index in [4.69, 9.17) is 16.1 Å². The molecule has 0 atom stereocenters. The van der Waals surface area contributed by atoms with E-state index in [-0.39, 0.29) is 24.9 Å². The van der Waals surface area contributed by atoms with Crippen LogP contribution in [0.2, 0.25) is 5.02 Å². The van der Waals surface area contributed by atoms with E-state index in [0.29, 0.717) is 27.7 Å². The highest BCUT2D eigenvalue weighted by Crippen LogP contribution is 2.29. The van der Waals surface area contributed by atoms with Crippen molar-refractivity contribution in [1.29, 1.82) is 0 Å². The maximum atomic E-state index is 12.6. The molecular formula is C22H16ClF3N4O2. The van der Waals surface area contributed by atoms with E-state index in [2.05, 4.69) is 15.5 Å². The quantitative estimate of drug-likeness (QED) is 0.429. The molecule has 1 amide bonds. The van der Waals surface area contributed by atoms with Gasteiger partial charge in [0.05, 0.1) is 5.56 Å². The van der Waals surface area contributed by atoms with E-state index in [1.807, 2.05) is 0 Å². The molecule has 4 aromatic rings. The number of amides is 1. The highest BCUT2D eigenvalue weighted by Gasteiger charge is 2.29. The van der Waals surface area contributed by atoms with Crippen LogP contribution in [0.4, 0.5) is 13.2 Å². The Hall–Kier alpha value is -3.59. The SMILES string of the molecule is O=C(Cn1cccc1-c1nc(-c2cccc(Cl)c2)no1)NCc1ccc(C(F)(F)F)cc1. The summed E-state index contributed by atoms with van der Waals surface area (Å²) in [6.07, 6.45) is -2.70. The number of hydrogen-bond acceptors (Lipinski definition) is 4. The molecule has 0 bridgehead atoms. The molecule has 2 aromatic heterocycles. The van der Waals surface area contributed by atoms with Gasteiger partial charge in [0.25, 0.3) is 5.89 Å². The Labute approximate surface area is 185 Å². The molecule has 2 heterocycles. The fraction of sp³-hybridized carbons (Fsp3) is 0.136. The van der Waals surface area contributed by atoms with Crippen LogP contribution in [0.5, 0.6) is 0 Å². The second kappa shape index (κ2) is 8.88. The first kappa shape index (κ1) is 21.6. The summed E-state index contributed by atoms with van der Waals surface area (Å²) in [5, 5.41) is 7.20. The maximum absolute atomic E-state index is 12.6. The molecule has 0 fully saturated rings. The standard InChI is InChI=1S/C22H16ClF3N4O2/c23-17-4-1-3-15(11-17)20-28-21(32-29-20)18-5-2-10-30(18)13-19(31)27-12-14-6-8-16(9-7-14)22(24,25)26/h1-11H,12-13H2,(H,27,31). The van der Waals surface area contributed by atoms with Crippen molar-refractivity contribution in [1.82, 2.24) is 20.0 Å². The molecule has 0 spiro atoms. The Bertz CT molecular complexity index is 1230. The second-order valence-corrected chi connectivity index (χ2v) is 7.36. The van der Waals surface area contributed by atoms with Crippen molar-refractivity contribution in [3.63, 3.8) is 0 Å². The third-order valence-corrected chi connectivity index (χ3v) is 4.88. The van der Waals surface area contributed by atoms with Crippen LogP contribution in [-0.2, 0) is 24.1 Å². The number of nitrogens with zero attached hydrogens (tertiary/aromatic N) is 3. The van der Waals surface area contributed by atoms with Crippen molar-refractivity contribution >= 4 is 17.5 Å². The molecule has 0 saturated carbocycles. The molecule has 164 valence electrons. The van der Waals surface area contributed by atoms with E-state index in [9.17, 15) is 18.0 Å². The average molecular weight is 461 g/mol. The number of benzene rings is 2. The van der Waals surface area contributed by atoms with Crippen molar-refractivity contribution < 1.29 is 22.5 Å². The lowest BCUT2D eigenvalue weighted by molar-refractivity contribution is -0.137. The first-order valence-electron chi connectivity index (χ1n) is 9.47. The molecule has 10 heteroatoms. The summed E-state index contributed by atoms with van der Waals surface area (Å²) in [4.78, 5) is 16.7. The summed E-state index contributed by atoms with van der Waals surface area (Å²) in [5.41, 5.74) is 1.07. The van der Waals surface area contributed by atoms with E-state index in [0.717, 1.165) is 12.1 Å². The Morgan fingerprint density at radius 1 is 1.09 bits per heavy atom. The molecule has 0 aliphatic rings. The largest absolute Gasteiger partial charge is 0.416 e. The molecule has 1 N–H and O–H groups in total. The second-order valence-electron chi connectivity index (χ2n) is 6.93. The van der Waals surface area contributed by atoms with Gasteiger partial charge in [-0.15, -0.1) is 0 Å².